The molecule has 0 radical (unpaired) electrons. The number of aliphatic hydroxyl groups excluding tert-OH is 1. The molecule has 6 heteroatoms. The number of nitrogens with one attached hydrogen (secondary N) is 2. The fraction of sp³-hybridized carbons (Fsp3) is 0.778. The van der Waals surface area contributed by atoms with E-state index in [9.17, 15) is 9.59 Å². The van der Waals surface area contributed by atoms with Crippen LogP contribution in [0, 0.1) is 0 Å². The number of imide groups is 1. The second-order valence-corrected chi connectivity index (χ2v) is 3.07. The first-order chi connectivity index (χ1) is 7.13. The van der Waals surface area contributed by atoms with E-state index in [0.29, 0.717) is 19.5 Å². The Labute approximate surface area is 89.6 Å². The van der Waals surface area contributed by atoms with Crippen LogP contribution in [0.25, 0.3) is 0 Å². The van der Waals surface area contributed by atoms with Crippen molar-refractivity contribution in [3.05, 3.63) is 0 Å². The molecule has 0 aliphatic rings. The van der Waals surface area contributed by atoms with E-state index in [1.807, 2.05) is 11.8 Å². The molecule has 0 atom stereocenters. The van der Waals surface area contributed by atoms with Gasteiger partial charge in [0.05, 0.1) is 6.54 Å². The van der Waals surface area contributed by atoms with Gasteiger partial charge in [0.1, 0.15) is 0 Å². The smallest absolute Gasteiger partial charge is 0.321 e. The van der Waals surface area contributed by atoms with Crippen LogP contribution in [0.2, 0.25) is 0 Å². The number of hydrogen-bond donors (Lipinski definition) is 3. The van der Waals surface area contributed by atoms with Crippen LogP contribution in [0.4, 0.5) is 4.79 Å². The van der Waals surface area contributed by atoms with E-state index in [4.69, 9.17) is 5.11 Å². The number of likely N-dealkylation sites (N-methyl/N-ethyl adjacent to an activating group) is 1. The summed E-state index contributed by atoms with van der Waals surface area (Å²) in [7, 11) is 1.45. The quantitative estimate of drug-likeness (QED) is 0.541. The van der Waals surface area contributed by atoms with Gasteiger partial charge in [-0.25, -0.2) is 4.79 Å². The first kappa shape index (κ1) is 13.9. The summed E-state index contributed by atoms with van der Waals surface area (Å²) in [6.45, 7) is 3.55. The molecule has 3 N–H and O–H groups in total. The number of amides is 3. The molecule has 0 saturated carbocycles. The Bertz CT molecular complexity index is 209. The summed E-state index contributed by atoms with van der Waals surface area (Å²) in [5.41, 5.74) is 0. The average Bonchev–Trinajstić information content (AvgIpc) is 2.23. The summed E-state index contributed by atoms with van der Waals surface area (Å²) in [5, 5.41) is 13.1. The van der Waals surface area contributed by atoms with Gasteiger partial charge in [-0.2, -0.15) is 0 Å². The monoisotopic (exact) mass is 217 g/mol. The van der Waals surface area contributed by atoms with Crippen LogP contribution < -0.4 is 10.6 Å². The number of nitrogens with zero attached hydrogens (tertiary/aromatic N) is 1. The molecule has 3 amide bonds. The lowest BCUT2D eigenvalue weighted by Gasteiger charge is -2.18. The van der Waals surface area contributed by atoms with Crippen LogP contribution in [0.1, 0.15) is 13.3 Å². The van der Waals surface area contributed by atoms with Gasteiger partial charge >= 0.3 is 6.03 Å². The molecule has 15 heavy (non-hydrogen) atoms. The highest BCUT2D eigenvalue weighted by molar-refractivity contribution is 5.95. The predicted octanol–water partition coefficient (Wildman–Crippen LogP) is -0.854. The molecule has 0 heterocycles. The second-order valence-electron chi connectivity index (χ2n) is 3.07. The molecule has 0 aliphatic heterocycles. The number of rotatable bonds is 6. The van der Waals surface area contributed by atoms with E-state index in [1.54, 1.807) is 0 Å². The maximum Gasteiger partial charge on any atom is 0.321 e. The lowest BCUT2D eigenvalue weighted by molar-refractivity contribution is -0.121. The van der Waals surface area contributed by atoms with Crippen molar-refractivity contribution >= 4 is 11.9 Å². The average molecular weight is 217 g/mol. The predicted molar refractivity (Wildman–Crippen MR) is 56.4 cm³/mol. The van der Waals surface area contributed by atoms with Crippen molar-refractivity contribution in [3.8, 4) is 0 Å². The summed E-state index contributed by atoms with van der Waals surface area (Å²) < 4.78 is 0. The number of aliphatic hydroxyl groups is 1. The molecule has 0 aromatic rings. The van der Waals surface area contributed by atoms with Crippen LogP contribution in [0.15, 0.2) is 0 Å². The highest BCUT2D eigenvalue weighted by atomic mass is 16.3. The Balaban J connectivity index is 3.84. The Kier molecular flexibility index (Phi) is 7.57. The highest BCUT2D eigenvalue weighted by Crippen LogP contribution is 1.90. The standard InChI is InChI=1S/C9H19N3O3/c1-3-12(5-4-6-13)7-8(14)11-9(15)10-2/h13H,3-7H2,1-2H3,(H2,10,11,14,15). The summed E-state index contributed by atoms with van der Waals surface area (Å²) >= 11 is 0. The Morgan fingerprint density at radius 2 is 2.07 bits per heavy atom. The van der Waals surface area contributed by atoms with Crippen molar-refractivity contribution < 1.29 is 14.7 Å². The molecule has 0 bridgehead atoms. The molecule has 6 nitrogen and oxygen atoms in total. The molecule has 88 valence electrons. The van der Waals surface area contributed by atoms with Crippen molar-refractivity contribution in [2.45, 2.75) is 13.3 Å². The van der Waals surface area contributed by atoms with Crippen LogP contribution in [-0.4, -0.2) is 55.2 Å². The Morgan fingerprint density at radius 1 is 1.40 bits per heavy atom. The van der Waals surface area contributed by atoms with E-state index >= 15 is 0 Å². The third-order valence-corrected chi connectivity index (χ3v) is 1.93. The normalized spacial score (nSPS) is 10.1. The minimum atomic E-state index is -0.502. The zero-order chi connectivity index (χ0) is 11.7. The first-order valence-electron chi connectivity index (χ1n) is 4.98. The number of carbonyl (C=O) groups is 2. The number of hydrogen-bond acceptors (Lipinski definition) is 4. The molecule has 0 rings (SSSR count). The van der Waals surface area contributed by atoms with Crippen LogP contribution in [0.3, 0.4) is 0 Å². The van der Waals surface area contributed by atoms with Crippen LogP contribution in [-0.2, 0) is 4.79 Å². The van der Waals surface area contributed by atoms with Gasteiger partial charge in [0.15, 0.2) is 0 Å². The molecule has 0 saturated heterocycles. The van der Waals surface area contributed by atoms with Gasteiger partial charge in [0.25, 0.3) is 0 Å². The van der Waals surface area contributed by atoms with Crippen LogP contribution in [0.5, 0.6) is 0 Å². The molecular formula is C9H19N3O3. The Morgan fingerprint density at radius 3 is 2.53 bits per heavy atom. The van der Waals surface area contributed by atoms with Gasteiger partial charge in [-0.3, -0.25) is 15.0 Å². The highest BCUT2D eigenvalue weighted by Gasteiger charge is 2.10. The van der Waals surface area contributed by atoms with E-state index in [2.05, 4.69) is 10.6 Å². The molecule has 0 aromatic heterocycles. The van der Waals surface area contributed by atoms with Crippen molar-refractivity contribution in [3.63, 3.8) is 0 Å². The van der Waals surface area contributed by atoms with Crippen molar-refractivity contribution in [2.75, 3.05) is 33.3 Å². The molecule has 0 spiro atoms. The molecular weight excluding hydrogens is 198 g/mol. The van der Waals surface area contributed by atoms with Gasteiger partial charge < -0.3 is 10.4 Å². The van der Waals surface area contributed by atoms with E-state index in [1.165, 1.54) is 7.05 Å². The maximum atomic E-state index is 11.3. The molecule has 0 aliphatic carbocycles. The minimum Gasteiger partial charge on any atom is -0.396 e. The summed E-state index contributed by atoms with van der Waals surface area (Å²) in [6, 6.07) is -0.502. The first-order valence-corrected chi connectivity index (χ1v) is 4.98. The summed E-state index contributed by atoms with van der Waals surface area (Å²) in [6.07, 6.45) is 0.626. The largest absolute Gasteiger partial charge is 0.396 e. The topological polar surface area (TPSA) is 81.7 Å². The number of carbonyl (C=O) groups excluding carboxylic acids is 2. The zero-order valence-electron chi connectivity index (χ0n) is 9.25. The summed E-state index contributed by atoms with van der Waals surface area (Å²) in [5.74, 6) is -0.339. The molecule has 0 aromatic carbocycles. The molecule has 0 unspecified atom stereocenters. The van der Waals surface area contributed by atoms with Crippen molar-refractivity contribution in [1.29, 1.82) is 0 Å². The SMILES string of the molecule is CCN(CCCO)CC(=O)NC(=O)NC. The van der Waals surface area contributed by atoms with Gasteiger partial charge in [-0.15, -0.1) is 0 Å². The summed E-state index contributed by atoms with van der Waals surface area (Å²) in [4.78, 5) is 23.9. The lowest BCUT2D eigenvalue weighted by Crippen LogP contribution is -2.43. The van der Waals surface area contributed by atoms with Crippen molar-refractivity contribution in [1.82, 2.24) is 15.5 Å². The van der Waals surface area contributed by atoms with Gasteiger partial charge in [-0.05, 0) is 13.0 Å². The molecule has 0 fully saturated rings. The van der Waals surface area contributed by atoms with Gasteiger partial charge in [0, 0.05) is 20.2 Å². The Hall–Kier alpha value is -1.14. The third-order valence-electron chi connectivity index (χ3n) is 1.93. The minimum absolute atomic E-state index is 0.105. The second kappa shape index (κ2) is 8.19. The third kappa shape index (κ3) is 6.87. The zero-order valence-corrected chi connectivity index (χ0v) is 9.25. The number of urea groups is 1. The van der Waals surface area contributed by atoms with E-state index in [0.717, 1.165) is 0 Å². The van der Waals surface area contributed by atoms with Crippen molar-refractivity contribution in [2.24, 2.45) is 0 Å². The van der Waals surface area contributed by atoms with E-state index < -0.39 is 6.03 Å². The maximum absolute atomic E-state index is 11.3. The fourth-order valence-electron chi connectivity index (χ4n) is 1.08. The lowest BCUT2D eigenvalue weighted by atomic mass is 10.3. The van der Waals surface area contributed by atoms with Gasteiger partial charge in [-0.1, -0.05) is 6.92 Å². The van der Waals surface area contributed by atoms with Crippen LogP contribution >= 0.6 is 0 Å². The van der Waals surface area contributed by atoms with Gasteiger partial charge in [0.2, 0.25) is 5.91 Å². The fourth-order valence-corrected chi connectivity index (χ4v) is 1.08. The van der Waals surface area contributed by atoms with E-state index in [-0.39, 0.29) is 19.1 Å².